The second-order valence-electron chi connectivity index (χ2n) is 4.06. The van der Waals surface area contributed by atoms with Gasteiger partial charge in [-0.15, -0.1) is 10.2 Å². The highest BCUT2D eigenvalue weighted by Crippen LogP contribution is 2.29. The Morgan fingerprint density at radius 1 is 1.44 bits per heavy atom. The Morgan fingerprint density at radius 3 is 2.56 bits per heavy atom. The van der Waals surface area contributed by atoms with Gasteiger partial charge in [-0.05, 0) is 19.1 Å². The molecule has 4 nitrogen and oxygen atoms in total. The summed E-state index contributed by atoms with van der Waals surface area (Å²) in [6, 6.07) is 0. The zero-order chi connectivity index (χ0) is 12.0. The van der Waals surface area contributed by atoms with E-state index in [1.807, 2.05) is 23.4 Å². The highest BCUT2D eigenvalue weighted by Gasteiger charge is 2.24. The number of rotatable bonds is 7. The van der Waals surface area contributed by atoms with E-state index >= 15 is 0 Å². The molecule has 0 radical (unpaired) electrons. The molecule has 0 aliphatic carbocycles. The van der Waals surface area contributed by atoms with E-state index in [1.54, 1.807) is 6.33 Å². The van der Waals surface area contributed by atoms with Crippen LogP contribution in [0.25, 0.3) is 0 Å². The van der Waals surface area contributed by atoms with E-state index in [0.717, 1.165) is 18.9 Å². The monoisotopic (exact) mass is 242 g/mol. The van der Waals surface area contributed by atoms with Gasteiger partial charge in [0.1, 0.15) is 12.2 Å². The first-order valence-corrected chi connectivity index (χ1v) is 6.98. The molecule has 92 valence electrons. The van der Waals surface area contributed by atoms with E-state index in [1.165, 1.54) is 12.8 Å². The van der Waals surface area contributed by atoms with Gasteiger partial charge in [0.05, 0.1) is 6.54 Å². The molecule has 0 fully saturated rings. The average molecular weight is 242 g/mol. The molecule has 16 heavy (non-hydrogen) atoms. The zero-order valence-corrected chi connectivity index (χ0v) is 11.5. The Balaban J connectivity index is 2.42. The first kappa shape index (κ1) is 13.5. The fourth-order valence-corrected chi connectivity index (χ4v) is 2.55. The van der Waals surface area contributed by atoms with Crippen molar-refractivity contribution in [2.45, 2.75) is 38.0 Å². The molecular formula is C11H22N4S. The van der Waals surface area contributed by atoms with Gasteiger partial charge >= 0.3 is 0 Å². The summed E-state index contributed by atoms with van der Waals surface area (Å²) in [6.07, 6.45) is 6.31. The number of aromatic nitrogens is 3. The molecule has 0 amide bonds. The Morgan fingerprint density at radius 2 is 2.12 bits per heavy atom. The van der Waals surface area contributed by atoms with Gasteiger partial charge in [-0.3, -0.25) is 0 Å². The smallest absolute Gasteiger partial charge is 0.146 e. The fourth-order valence-electron chi connectivity index (χ4n) is 1.73. The molecule has 0 bridgehead atoms. The Kier molecular flexibility index (Phi) is 5.28. The number of hydrogen-bond acceptors (Lipinski definition) is 4. The highest BCUT2D eigenvalue weighted by atomic mass is 32.2. The van der Waals surface area contributed by atoms with Crippen molar-refractivity contribution in [3.05, 3.63) is 12.2 Å². The van der Waals surface area contributed by atoms with Crippen LogP contribution in [0.1, 0.15) is 32.5 Å². The number of nitrogens with one attached hydrogen (secondary N) is 1. The fraction of sp³-hybridized carbons (Fsp3) is 0.818. The minimum atomic E-state index is 0.360. The summed E-state index contributed by atoms with van der Waals surface area (Å²) in [6.45, 7) is 6.32. The molecule has 0 atom stereocenters. The Hall–Kier alpha value is -0.550. The third kappa shape index (κ3) is 3.22. The van der Waals surface area contributed by atoms with E-state index in [9.17, 15) is 0 Å². The quantitative estimate of drug-likeness (QED) is 0.792. The Labute approximate surface area is 102 Å². The van der Waals surface area contributed by atoms with Crippen LogP contribution >= 0.6 is 11.8 Å². The summed E-state index contributed by atoms with van der Waals surface area (Å²) in [5.74, 6) is 0.988. The molecule has 1 aromatic heterocycles. The minimum Gasteiger partial charge on any atom is -0.320 e. The van der Waals surface area contributed by atoms with Gasteiger partial charge in [0.15, 0.2) is 0 Å². The molecule has 0 saturated carbocycles. The van der Waals surface area contributed by atoms with Crippen molar-refractivity contribution in [3.8, 4) is 0 Å². The largest absolute Gasteiger partial charge is 0.320 e. The lowest BCUT2D eigenvalue weighted by atomic mass is 10.0. The first-order valence-electron chi connectivity index (χ1n) is 5.76. The molecule has 1 rings (SSSR count). The summed E-state index contributed by atoms with van der Waals surface area (Å²) < 4.78 is 2.31. The minimum absolute atomic E-state index is 0.360. The van der Waals surface area contributed by atoms with Crippen molar-refractivity contribution >= 4 is 11.8 Å². The van der Waals surface area contributed by atoms with Gasteiger partial charge in [-0.25, -0.2) is 0 Å². The third-order valence-corrected chi connectivity index (χ3v) is 4.84. The predicted octanol–water partition coefficient (Wildman–Crippen LogP) is 1.83. The van der Waals surface area contributed by atoms with Gasteiger partial charge in [-0.2, -0.15) is 11.8 Å². The van der Waals surface area contributed by atoms with Gasteiger partial charge in [0.25, 0.3) is 0 Å². The van der Waals surface area contributed by atoms with Crippen LogP contribution in [-0.2, 0) is 13.6 Å². The van der Waals surface area contributed by atoms with Gasteiger partial charge in [-0.1, -0.05) is 13.8 Å². The van der Waals surface area contributed by atoms with Crippen LogP contribution in [0.3, 0.4) is 0 Å². The lowest BCUT2D eigenvalue weighted by Crippen LogP contribution is -2.36. The number of hydrogen-bond donors (Lipinski definition) is 1. The molecule has 0 aromatic carbocycles. The lowest BCUT2D eigenvalue weighted by molar-refractivity contribution is 0.486. The molecule has 0 saturated heterocycles. The normalized spacial score (nSPS) is 12.0. The van der Waals surface area contributed by atoms with E-state index in [4.69, 9.17) is 0 Å². The summed E-state index contributed by atoms with van der Waals surface area (Å²) in [4.78, 5) is 0. The molecule has 1 aromatic rings. The van der Waals surface area contributed by atoms with Crippen molar-refractivity contribution in [3.63, 3.8) is 0 Å². The SMILES string of the molecule is CCC(CC)(CNCc1nncn1C)SC. The van der Waals surface area contributed by atoms with Crippen LogP contribution in [0.15, 0.2) is 6.33 Å². The molecule has 0 spiro atoms. The predicted molar refractivity (Wildman–Crippen MR) is 69.5 cm³/mol. The number of thioether (sulfide) groups is 1. The second-order valence-corrected chi connectivity index (χ2v) is 5.33. The zero-order valence-electron chi connectivity index (χ0n) is 10.7. The summed E-state index contributed by atoms with van der Waals surface area (Å²) in [5, 5.41) is 11.4. The summed E-state index contributed by atoms with van der Waals surface area (Å²) in [5.41, 5.74) is 0. The van der Waals surface area contributed by atoms with Crippen LogP contribution in [-0.4, -0.2) is 32.3 Å². The molecule has 1 N–H and O–H groups in total. The van der Waals surface area contributed by atoms with Gasteiger partial charge < -0.3 is 9.88 Å². The molecule has 5 heteroatoms. The maximum atomic E-state index is 4.06. The van der Waals surface area contributed by atoms with Crippen molar-refractivity contribution in [1.29, 1.82) is 0 Å². The standard InChI is InChI=1S/C11H22N4S/c1-5-11(6-2,16-4)8-12-7-10-14-13-9-15(10)3/h9,12H,5-8H2,1-4H3. The molecule has 0 aliphatic rings. The topological polar surface area (TPSA) is 42.7 Å². The van der Waals surface area contributed by atoms with Crippen LogP contribution in [0, 0.1) is 0 Å². The van der Waals surface area contributed by atoms with Crippen LogP contribution in [0.2, 0.25) is 0 Å². The molecule has 0 aliphatic heterocycles. The summed E-state index contributed by atoms with van der Waals surface area (Å²) >= 11 is 1.95. The maximum Gasteiger partial charge on any atom is 0.146 e. The Bertz CT molecular complexity index is 298. The number of nitrogens with zero attached hydrogens (tertiary/aromatic N) is 3. The van der Waals surface area contributed by atoms with Gasteiger partial charge in [0, 0.05) is 18.3 Å². The van der Waals surface area contributed by atoms with Crippen LogP contribution < -0.4 is 5.32 Å². The van der Waals surface area contributed by atoms with Crippen LogP contribution in [0.4, 0.5) is 0 Å². The second kappa shape index (κ2) is 6.25. The molecular weight excluding hydrogens is 220 g/mol. The van der Waals surface area contributed by atoms with E-state index < -0.39 is 0 Å². The van der Waals surface area contributed by atoms with E-state index in [2.05, 4.69) is 35.6 Å². The van der Waals surface area contributed by atoms with Crippen molar-refractivity contribution in [2.24, 2.45) is 7.05 Å². The van der Waals surface area contributed by atoms with Crippen molar-refractivity contribution in [2.75, 3.05) is 12.8 Å². The molecule has 0 unspecified atom stereocenters. The van der Waals surface area contributed by atoms with E-state index in [-0.39, 0.29) is 0 Å². The van der Waals surface area contributed by atoms with E-state index in [0.29, 0.717) is 4.75 Å². The lowest BCUT2D eigenvalue weighted by Gasteiger charge is -2.29. The number of aryl methyl sites for hydroxylation is 1. The maximum absolute atomic E-state index is 4.06. The third-order valence-electron chi connectivity index (χ3n) is 3.26. The average Bonchev–Trinajstić information content (AvgIpc) is 2.71. The van der Waals surface area contributed by atoms with Crippen molar-refractivity contribution in [1.82, 2.24) is 20.1 Å². The highest BCUT2D eigenvalue weighted by molar-refractivity contribution is 8.00. The first-order chi connectivity index (χ1) is 7.67. The van der Waals surface area contributed by atoms with Gasteiger partial charge in [0.2, 0.25) is 0 Å². The summed E-state index contributed by atoms with van der Waals surface area (Å²) in [7, 11) is 1.97. The van der Waals surface area contributed by atoms with Crippen LogP contribution in [0.5, 0.6) is 0 Å². The molecule has 1 heterocycles. The van der Waals surface area contributed by atoms with Crippen molar-refractivity contribution < 1.29 is 0 Å².